The van der Waals surface area contributed by atoms with Crippen LogP contribution in [0.15, 0.2) is 42.5 Å². The summed E-state index contributed by atoms with van der Waals surface area (Å²) in [7, 11) is 0. The monoisotopic (exact) mass is 359 g/mol. The molecule has 0 fully saturated rings. The van der Waals surface area contributed by atoms with Gasteiger partial charge in [-0.05, 0) is 30.2 Å². The van der Waals surface area contributed by atoms with Gasteiger partial charge in [-0.3, -0.25) is 25.0 Å². The molecular weight excluding hydrogens is 342 g/mol. The third-order valence-electron chi connectivity index (χ3n) is 3.32. The van der Waals surface area contributed by atoms with Crippen molar-refractivity contribution in [2.75, 3.05) is 6.54 Å². The molecule has 2 rings (SSSR count). The van der Waals surface area contributed by atoms with Crippen LogP contribution in [0.2, 0.25) is 0 Å². The molecule has 2 aromatic carbocycles. The van der Waals surface area contributed by atoms with Crippen LogP contribution in [0.1, 0.15) is 24.2 Å². The number of nitrogens with zero attached hydrogens (tertiary/aromatic N) is 2. The van der Waals surface area contributed by atoms with Crippen LogP contribution < -0.4 is 10.1 Å². The van der Waals surface area contributed by atoms with E-state index in [0.29, 0.717) is 23.8 Å². The van der Waals surface area contributed by atoms with Crippen molar-refractivity contribution in [1.82, 2.24) is 5.32 Å². The van der Waals surface area contributed by atoms with Crippen LogP contribution in [0.25, 0.3) is 0 Å². The maximum absolute atomic E-state index is 12.0. The van der Waals surface area contributed by atoms with Crippen LogP contribution in [0.3, 0.4) is 0 Å². The average molecular weight is 359 g/mol. The summed E-state index contributed by atoms with van der Waals surface area (Å²) in [5.74, 6) is 0.352. The molecule has 1 amide bonds. The minimum atomic E-state index is -0.734. The van der Waals surface area contributed by atoms with Crippen LogP contribution >= 0.6 is 0 Å². The number of nitrogens with one attached hydrogen (secondary N) is 1. The second kappa shape index (κ2) is 8.06. The molecule has 0 bridgehead atoms. The molecule has 0 aliphatic rings. The summed E-state index contributed by atoms with van der Waals surface area (Å²) in [6.07, 6.45) is 0. The second-order valence-electron chi connectivity index (χ2n) is 5.93. The number of carbonyl (C=O) groups excluding carboxylic acids is 1. The number of benzene rings is 2. The Balaban J connectivity index is 2.17. The predicted molar refractivity (Wildman–Crippen MR) is 93.4 cm³/mol. The summed E-state index contributed by atoms with van der Waals surface area (Å²) in [5, 5.41) is 24.6. The predicted octanol–water partition coefficient (Wildman–Crippen LogP) is 3.68. The molecule has 0 aliphatic heterocycles. The molecule has 0 atom stereocenters. The first-order valence-electron chi connectivity index (χ1n) is 7.76. The fourth-order valence-electron chi connectivity index (χ4n) is 2.05. The van der Waals surface area contributed by atoms with Gasteiger partial charge < -0.3 is 10.1 Å². The number of ether oxygens (including phenoxy) is 1. The topological polar surface area (TPSA) is 125 Å². The van der Waals surface area contributed by atoms with E-state index >= 15 is 0 Å². The molecule has 136 valence electrons. The maximum Gasteiger partial charge on any atom is 0.280 e. The Morgan fingerprint density at radius 3 is 2.00 bits per heavy atom. The van der Waals surface area contributed by atoms with E-state index in [-0.39, 0.29) is 11.7 Å². The van der Waals surface area contributed by atoms with E-state index in [1.165, 1.54) is 24.3 Å². The number of amides is 1. The molecule has 0 heterocycles. The highest BCUT2D eigenvalue weighted by atomic mass is 16.6. The second-order valence-corrected chi connectivity index (χ2v) is 5.93. The van der Waals surface area contributed by atoms with Crippen LogP contribution in [-0.2, 0) is 0 Å². The molecule has 26 heavy (non-hydrogen) atoms. The Morgan fingerprint density at radius 1 is 1.00 bits per heavy atom. The van der Waals surface area contributed by atoms with Crippen LogP contribution in [0, 0.1) is 26.1 Å². The number of nitro benzene ring substituents is 2. The number of rotatable bonds is 7. The van der Waals surface area contributed by atoms with Crippen molar-refractivity contribution in [1.29, 1.82) is 0 Å². The van der Waals surface area contributed by atoms with Crippen LogP contribution in [-0.4, -0.2) is 22.3 Å². The molecule has 0 saturated carbocycles. The molecular formula is C17H17N3O6. The van der Waals surface area contributed by atoms with Crippen LogP contribution in [0.5, 0.6) is 11.5 Å². The molecule has 0 aliphatic carbocycles. The highest BCUT2D eigenvalue weighted by Gasteiger charge is 2.17. The van der Waals surface area contributed by atoms with Gasteiger partial charge in [0, 0.05) is 12.1 Å². The standard InChI is InChI=1S/C17H17N3O6/c1-11(2)10-18-17(21)12-3-5-15(6-4-12)26-16-8-13(19(22)23)7-14(9-16)20(24)25/h3-9,11H,10H2,1-2H3,(H,18,21). The normalized spacial score (nSPS) is 10.4. The Hall–Kier alpha value is -3.49. The van der Waals surface area contributed by atoms with Gasteiger partial charge in [0.1, 0.15) is 11.5 Å². The summed E-state index contributed by atoms with van der Waals surface area (Å²) in [4.78, 5) is 32.3. The Morgan fingerprint density at radius 2 is 1.54 bits per heavy atom. The van der Waals surface area contributed by atoms with Crippen molar-refractivity contribution in [2.24, 2.45) is 5.92 Å². The zero-order valence-electron chi connectivity index (χ0n) is 14.2. The number of non-ortho nitro benzene ring substituents is 2. The van der Waals surface area contributed by atoms with Crippen molar-refractivity contribution in [3.05, 3.63) is 68.3 Å². The van der Waals surface area contributed by atoms with E-state index in [0.717, 1.165) is 18.2 Å². The first-order chi connectivity index (χ1) is 12.3. The lowest BCUT2D eigenvalue weighted by Gasteiger charge is -2.09. The van der Waals surface area contributed by atoms with E-state index in [4.69, 9.17) is 4.74 Å². The minimum absolute atomic E-state index is 0.0390. The number of nitro groups is 2. The molecule has 0 spiro atoms. The van der Waals surface area contributed by atoms with Gasteiger partial charge in [0.05, 0.1) is 28.0 Å². The fourth-order valence-corrected chi connectivity index (χ4v) is 2.05. The molecule has 0 aromatic heterocycles. The Labute approximate surface area is 148 Å². The van der Waals surface area contributed by atoms with E-state index in [9.17, 15) is 25.0 Å². The summed E-state index contributed by atoms with van der Waals surface area (Å²) < 4.78 is 5.45. The van der Waals surface area contributed by atoms with Gasteiger partial charge in [0.25, 0.3) is 17.3 Å². The third-order valence-corrected chi connectivity index (χ3v) is 3.32. The van der Waals surface area contributed by atoms with Crippen molar-refractivity contribution < 1.29 is 19.4 Å². The summed E-state index contributed by atoms with van der Waals surface area (Å²) in [6.45, 7) is 4.51. The van der Waals surface area contributed by atoms with E-state index in [1.54, 1.807) is 0 Å². The summed E-state index contributed by atoms with van der Waals surface area (Å²) in [6, 6.07) is 9.14. The Bertz CT molecular complexity index is 801. The maximum atomic E-state index is 12.0. The number of hydrogen-bond acceptors (Lipinski definition) is 6. The van der Waals surface area contributed by atoms with E-state index < -0.39 is 21.2 Å². The molecule has 0 radical (unpaired) electrons. The summed E-state index contributed by atoms with van der Waals surface area (Å²) >= 11 is 0. The largest absolute Gasteiger partial charge is 0.457 e. The highest BCUT2D eigenvalue weighted by molar-refractivity contribution is 5.94. The first-order valence-corrected chi connectivity index (χ1v) is 7.76. The minimum Gasteiger partial charge on any atom is -0.457 e. The van der Waals surface area contributed by atoms with Gasteiger partial charge in [-0.15, -0.1) is 0 Å². The van der Waals surface area contributed by atoms with Gasteiger partial charge in [-0.2, -0.15) is 0 Å². The molecule has 0 unspecified atom stereocenters. The van der Waals surface area contributed by atoms with Crippen molar-refractivity contribution >= 4 is 17.3 Å². The quantitative estimate of drug-likeness (QED) is 0.594. The highest BCUT2D eigenvalue weighted by Crippen LogP contribution is 2.30. The lowest BCUT2D eigenvalue weighted by molar-refractivity contribution is -0.394. The molecule has 0 saturated heterocycles. The Kier molecular flexibility index (Phi) is 5.84. The molecule has 9 heteroatoms. The lowest BCUT2D eigenvalue weighted by Crippen LogP contribution is -2.27. The number of hydrogen-bond donors (Lipinski definition) is 1. The third kappa shape index (κ3) is 5.00. The SMILES string of the molecule is CC(C)CNC(=O)c1ccc(Oc2cc([N+](=O)[O-])cc([N+](=O)[O-])c2)cc1. The van der Waals surface area contributed by atoms with Crippen LogP contribution in [0.4, 0.5) is 11.4 Å². The van der Waals surface area contributed by atoms with Crippen molar-refractivity contribution in [3.63, 3.8) is 0 Å². The van der Waals surface area contributed by atoms with Crippen molar-refractivity contribution in [2.45, 2.75) is 13.8 Å². The number of carbonyl (C=O) groups is 1. The van der Waals surface area contributed by atoms with E-state index in [1.807, 2.05) is 13.8 Å². The zero-order valence-corrected chi connectivity index (χ0v) is 14.2. The molecule has 1 N–H and O–H groups in total. The van der Waals surface area contributed by atoms with Gasteiger partial charge in [0.2, 0.25) is 0 Å². The fraction of sp³-hybridized carbons (Fsp3) is 0.235. The van der Waals surface area contributed by atoms with Gasteiger partial charge in [-0.1, -0.05) is 13.8 Å². The lowest BCUT2D eigenvalue weighted by atomic mass is 10.2. The average Bonchev–Trinajstić information content (AvgIpc) is 2.59. The van der Waals surface area contributed by atoms with Gasteiger partial charge >= 0.3 is 0 Å². The first kappa shape index (κ1) is 18.8. The van der Waals surface area contributed by atoms with Gasteiger partial charge in [-0.25, -0.2) is 0 Å². The van der Waals surface area contributed by atoms with Gasteiger partial charge in [0.15, 0.2) is 0 Å². The van der Waals surface area contributed by atoms with E-state index in [2.05, 4.69) is 5.32 Å². The zero-order chi connectivity index (χ0) is 19.3. The summed E-state index contributed by atoms with van der Waals surface area (Å²) in [5.41, 5.74) is -0.458. The smallest absolute Gasteiger partial charge is 0.280 e. The molecule has 9 nitrogen and oxygen atoms in total. The molecule has 2 aromatic rings. The van der Waals surface area contributed by atoms with Crippen molar-refractivity contribution in [3.8, 4) is 11.5 Å².